The molecule has 0 fully saturated rings. The van der Waals surface area contributed by atoms with E-state index in [0.29, 0.717) is 18.7 Å². The number of para-hydroxylation sites is 2. The van der Waals surface area contributed by atoms with Crippen LogP contribution in [0, 0.1) is 0 Å². The molecular weight excluding hydrogens is 344 g/mol. The third kappa shape index (κ3) is 4.88. The van der Waals surface area contributed by atoms with Crippen molar-refractivity contribution in [2.75, 3.05) is 13.7 Å². The topological polar surface area (TPSA) is 80.4 Å². The van der Waals surface area contributed by atoms with E-state index in [1.54, 1.807) is 7.11 Å². The minimum absolute atomic E-state index is 0.224. The zero-order chi connectivity index (χ0) is 19.1. The standard InChI is InChI=1S/C21H22N2O4/c1-26-19-9-5-2-6-16(19)13-23-20(24)14-27-21(25)11-10-15-12-22-18-8-4-3-7-17(15)18/h2-9,12,22H,10-11,13-14H2,1H3,(H,23,24). The van der Waals surface area contributed by atoms with Gasteiger partial charge in [0, 0.05) is 35.6 Å². The van der Waals surface area contributed by atoms with Crippen molar-refractivity contribution in [1.29, 1.82) is 0 Å². The lowest BCUT2D eigenvalue weighted by molar-refractivity contribution is -0.148. The quantitative estimate of drug-likeness (QED) is 0.601. The number of esters is 1. The highest BCUT2D eigenvalue weighted by Gasteiger charge is 2.10. The molecule has 3 aromatic rings. The van der Waals surface area contributed by atoms with Crippen LogP contribution in [0.3, 0.4) is 0 Å². The van der Waals surface area contributed by atoms with Gasteiger partial charge in [0.1, 0.15) is 5.75 Å². The molecule has 0 atom stereocenters. The van der Waals surface area contributed by atoms with E-state index in [-0.39, 0.29) is 18.9 Å². The van der Waals surface area contributed by atoms with Crippen LogP contribution in [-0.2, 0) is 27.3 Å². The van der Waals surface area contributed by atoms with Crippen LogP contribution < -0.4 is 10.1 Å². The molecule has 0 bridgehead atoms. The number of methoxy groups -OCH3 is 1. The maximum absolute atomic E-state index is 11.9. The van der Waals surface area contributed by atoms with Crippen LogP contribution in [0.4, 0.5) is 0 Å². The van der Waals surface area contributed by atoms with Crippen molar-refractivity contribution < 1.29 is 19.1 Å². The molecule has 2 N–H and O–H groups in total. The van der Waals surface area contributed by atoms with E-state index in [9.17, 15) is 9.59 Å². The lowest BCUT2D eigenvalue weighted by atomic mass is 10.1. The summed E-state index contributed by atoms with van der Waals surface area (Å²) in [6.45, 7) is 0.0254. The first kappa shape index (κ1) is 18.5. The number of aromatic nitrogens is 1. The van der Waals surface area contributed by atoms with Crippen molar-refractivity contribution in [3.05, 3.63) is 65.9 Å². The van der Waals surface area contributed by atoms with Gasteiger partial charge in [0.15, 0.2) is 6.61 Å². The Morgan fingerprint density at radius 2 is 1.81 bits per heavy atom. The molecule has 0 aliphatic heterocycles. The highest BCUT2D eigenvalue weighted by molar-refractivity contribution is 5.84. The predicted octanol–water partition coefficient (Wildman–Crippen LogP) is 2.97. The molecule has 2 aromatic carbocycles. The molecule has 6 nitrogen and oxygen atoms in total. The summed E-state index contributed by atoms with van der Waals surface area (Å²) in [6, 6.07) is 15.3. The third-order valence-electron chi connectivity index (χ3n) is 4.31. The lowest BCUT2D eigenvalue weighted by Crippen LogP contribution is -2.28. The number of rotatable bonds is 8. The van der Waals surface area contributed by atoms with Gasteiger partial charge in [-0.1, -0.05) is 36.4 Å². The van der Waals surface area contributed by atoms with Gasteiger partial charge >= 0.3 is 5.97 Å². The molecule has 1 heterocycles. The average molecular weight is 366 g/mol. The highest BCUT2D eigenvalue weighted by atomic mass is 16.5. The van der Waals surface area contributed by atoms with Gasteiger partial charge in [-0.3, -0.25) is 9.59 Å². The van der Waals surface area contributed by atoms with Gasteiger partial charge in [-0.2, -0.15) is 0 Å². The number of benzene rings is 2. The molecule has 6 heteroatoms. The van der Waals surface area contributed by atoms with Crippen LogP contribution in [0.25, 0.3) is 10.9 Å². The van der Waals surface area contributed by atoms with Crippen molar-refractivity contribution in [2.24, 2.45) is 0 Å². The number of H-pyrrole nitrogens is 1. The van der Waals surface area contributed by atoms with Crippen LogP contribution in [0.5, 0.6) is 5.75 Å². The molecule has 1 amide bonds. The Hall–Kier alpha value is -3.28. The molecule has 0 saturated carbocycles. The maximum atomic E-state index is 11.9. The van der Waals surface area contributed by atoms with Gasteiger partial charge in [0.05, 0.1) is 7.11 Å². The summed E-state index contributed by atoms with van der Waals surface area (Å²) in [6.07, 6.45) is 2.69. The van der Waals surface area contributed by atoms with E-state index < -0.39 is 5.97 Å². The normalized spacial score (nSPS) is 10.6. The van der Waals surface area contributed by atoms with Gasteiger partial charge in [-0.05, 0) is 24.1 Å². The number of aromatic amines is 1. The number of hydrogen-bond acceptors (Lipinski definition) is 4. The Balaban J connectivity index is 1.41. The van der Waals surface area contributed by atoms with Gasteiger partial charge in [0.2, 0.25) is 0 Å². The number of nitrogens with one attached hydrogen (secondary N) is 2. The van der Waals surface area contributed by atoms with E-state index in [4.69, 9.17) is 9.47 Å². The molecule has 27 heavy (non-hydrogen) atoms. The molecule has 0 aliphatic carbocycles. The second kappa shape index (κ2) is 8.89. The number of ether oxygens (including phenoxy) is 2. The molecule has 0 aliphatic rings. The van der Waals surface area contributed by atoms with Gasteiger partial charge in [0.25, 0.3) is 5.91 Å². The molecule has 0 unspecified atom stereocenters. The highest BCUT2D eigenvalue weighted by Crippen LogP contribution is 2.19. The number of amides is 1. The molecule has 140 valence electrons. The first-order chi connectivity index (χ1) is 13.2. The number of carbonyl (C=O) groups excluding carboxylic acids is 2. The van der Waals surface area contributed by atoms with Gasteiger partial charge < -0.3 is 19.8 Å². The van der Waals surface area contributed by atoms with E-state index in [2.05, 4.69) is 10.3 Å². The number of carbonyl (C=O) groups is 2. The van der Waals surface area contributed by atoms with Crippen LogP contribution in [-0.4, -0.2) is 30.6 Å². The minimum Gasteiger partial charge on any atom is -0.496 e. The summed E-state index contributed by atoms with van der Waals surface area (Å²) in [4.78, 5) is 27.0. The molecule has 1 aromatic heterocycles. The van der Waals surface area contributed by atoms with E-state index in [1.807, 2.05) is 54.7 Å². The van der Waals surface area contributed by atoms with Crippen molar-refractivity contribution in [3.63, 3.8) is 0 Å². The summed E-state index contributed by atoms with van der Waals surface area (Å²) >= 11 is 0. The monoisotopic (exact) mass is 366 g/mol. The van der Waals surface area contributed by atoms with E-state index >= 15 is 0 Å². The fraction of sp³-hybridized carbons (Fsp3) is 0.238. The van der Waals surface area contributed by atoms with Crippen LogP contribution in [0.1, 0.15) is 17.5 Å². The van der Waals surface area contributed by atoms with Gasteiger partial charge in [-0.25, -0.2) is 0 Å². The Morgan fingerprint density at radius 1 is 1.04 bits per heavy atom. The Labute approximate surface area is 157 Å². The summed E-state index contributed by atoms with van der Waals surface area (Å²) in [5.41, 5.74) is 2.96. The SMILES string of the molecule is COc1ccccc1CNC(=O)COC(=O)CCc1c[nH]c2ccccc12. The largest absolute Gasteiger partial charge is 0.496 e. The molecular formula is C21H22N2O4. The molecule has 0 spiro atoms. The second-order valence-corrected chi connectivity index (χ2v) is 6.11. The summed E-state index contributed by atoms with van der Waals surface area (Å²) < 4.78 is 10.3. The van der Waals surface area contributed by atoms with E-state index in [0.717, 1.165) is 22.0 Å². The first-order valence-electron chi connectivity index (χ1n) is 8.76. The Bertz CT molecular complexity index is 933. The second-order valence-electron chi connectivity index (χ2n) is 6.11. The third-order valence-corrected chi connectivity index (χ3v) is 4.31. The average Bonchev–Trinajstić information content (AvgIpc) is 3.12. The minimum atomic E-state index is -0.396. The fourth-order valence-electron chi connectivity index (χ4n) is 2.89. The van der Waals surface area contributed by atoms with E-state index in [1.165, 1.54) is 0 Å². The van der Waals surface area contributed by atoms with Crippen LogP contribution >= 0.6 is 0 Å². The van der Waals surface area contributed by atoms with Crippen molar-refractivity contribution in [2.45, 2.75) is 19.4 Å². The Morgan fingerprint density at radius 3 is 2.67 bits per heavy atom. The molecule has 0 radical (unpaired) electrons. The zero-order valence-electron chi connectivity index (χ0n) is 15.2. The van der Waals surface area contributed by atoms with Crippen molar-refractivity contribution >= 4 is 22.8 Å². The summed E-state index contributed by atoms with van der Waals surface area (Å²) in [7, 11) is 1.58. The van der Waals surface area contributed by atoms with Crippen LogP contribution in [0.15, 0.2) is 54.7 Å². The van der Waals surface area contributed by atoms with Gasteiger partial charge in [-0.15, -0.1) is 0 Å². The van der Waals surface area contributed by atoms with Crippen molar-refractivity contribution in [3.8, 4) is 5.75 Å². The maximum Gasteiger partial charge on any atom is 0.306 e. The number of aryl methyl sites for hydroxylation is 1. The summed E-state index contributed by atoms with van der Waals surface area (Å²) in [5.74, 6) is -0.0393. The summed E-state index contributed by atoms with van der Waals surface area (Å²) in [5, 5.41) is 3.82. The molecule has 0 saturated heterocycles. The Kier molecular flexibility index (Phi) is 6.10. The predicted molar refractivity (Wildman–Crippen MR) is 102 cm³/mol. The first-order valence-corrected chi connectivity index (χ1v) is 8.76. The van der Waals surface area contributed by atoms with Crippen LogP contribution in [0.2, 0.25) is 0 Å². The lowest BCUT2D eigenvalue weighted by Gasteiger charge is -2.10. The zero-order valence-corrected chi connectivity index (χ0v) is 15.2. The van der Waals surface area contributed by atoms with Crippen molar-refractivity contribution in [1.82, 2.24) is 10.3 Å². The fourth-order valence-corrected chi connectivity index (χ4v) is 2.89. The smallest absolute Gasteiger partial charge is 0.306 e. The number of hydrogen-bond donors (Lipinski definition) is 2. The number of fused-ring (bicyclic) bond motifs is 1. The molecule has 3 rings (SSSR count).